The third-order valence-corrected chi connectivity index (χ3v) is 3.57. The Morgan fingerprint density at radius 3 is 2.61 bits per heavy atom. The van der Waals surface area contributed by atoms with Gasteiger partial charge in [-0.3, -0.25) is 0 Å². The van der Waals surface area contributed by atoms with Crippen molar-refractivity contribution in [2.75, 3.05) is 5.32 Å². The molecule has 2 unspecified atom stereocenters. The molecule has 4 heteroatoms. The molecule has 2 nitrogen and oxygen atoms in total. The van der Waals surface area contributed by atoms with Crippen molar-refractivity contribution < 1.29 is 13.9 Å². The molecule has 1 aromatic carbocycles. The zero-order valence-corrected chi connectivity index (χ0v) is 10.5. The molecular weight excluding hydrogens is 236 g/mol. The van der Waals surface area contributed by atoms with Crippen LogP contribution in [0.5, 0.6) is 0 Å². The van der Waals surface area contributed by atoms with E-state index in [9.17, 15) is 13.9 Å². The fraction of sp³-hybridized carbons (Fsp3) is 0.571. The summed E-state index contributed by atoms with van der Waals surface area (Å²) in [6, 6.07) is 2.16. The van der Waals surface area contributed by atoms with Gasteiger partial charge in [0.15, 0.2) is 0 Å². The summed E-state index contributed by atoms with van der Waals surface area (Å²) in [6.45, 7) is 1.53. The van der Waals surface area contributed by atoms with Crippen LogP contribution in [0, 0.1) is 18.6 Å². The fourth-order valence-electron chi connectivity index (χ4n) is 2.41. The monoisotopic (exact) mass is 255 g/mol. The molecular formula is C14H19F2NO. The van der Waals surface area contributed by atoms with Gasteiger partial charge in [0, 0.05) is 6.07 Å². The van der Waals surface area contributed by atoms with Gasteiger partial charge < -0.3 is 10.4 Å². The zero-order chi connectivity index (χ0) is 13.1. The van der Waals surface area contributed by atoms with Gasteiger partial charge in [-0.05, 0) is 31.4 Å². The highest BCUT2D eigenvalue weighted by Gasteiger charge is 2.22. The second-order valence-electron chi connectivity index (χ2n) is 5.04. The van der Waals surface area contributed by atoms with Gasteiger partial charge in [-0.15, -0.1) is 0 Å². The molecule has 1 saturated carbocycles. The molecule has 0 aromatic heterocycles. The van der Waals surface area contributed by atoms with Crippen molar-refractivity contribution in [1.82, 2.24) is 0 Å². The number of aliphatic hydroxyl groups excluding tert-OH is 1. The second-order valence-corrected chi connectivity index (χ2v) is 5.04. The molecule has 18 heavy (non-hydrogen) atoms. The SMILES string of the molecule is Cc1cc(F)c(NC2CCCCCC2O)cc1F. The quantitative estimate of drug-likeness (QED) is 0.794. The normalized spacial score (nSPS) is 24.7. The Morgan fingerprint density at radius 1 is 1.11 bits per heavy atom. The molecule has 0 amide bonds. The van der Waals surface area contributed by atoms with Crippen molar-refractivity contribution in [1.29, 1.82) is 0 Å². The maximum absolute atomic E-state index is 13.7. The van der Waals surface area contributed by atoms with E-state index < -0.39 is 17.7 Å². The fourth-order valence-corrected chi connectivity index (χ4v) is 2.41. The Labute approximate surface area is 106 Å². The van der Waals surface area contributed by atoms with Crippen LogP contribution in [0.25, 0.3) is 0 Å². The molecule has 0 heterocycles. The third kappa shape index (κ3) is 2.99. The van der Waals surface area contributed by atoms with Gasteiger partial charge in [0.1, 0.15) is 11.6 Å². The van der Waals surface area contributed by atoms with E-state index in [4.69, 9.17) is 0 Å². The highest BCUT2D eigenvalue weighted by molar-refractivity contribution is 5.47. The van der Waals surface area contributed by atoms with Crippen molar-refractivity contribution in [3.8, 4) is 0 Å². The number of halogens is 2. The first-order chi connectivity index (χ1) is 8.58. The summed E-state index contributed by atoms with van der Waals surface area (Å²) in [7, 11) is 0. The molecule has 1 aromatic rings. The maximum atomic E-state index is 13.7. The van der Waals surface area contributed by atoms with Crippen LogP contribution in [0.15, 0.2) is 12.1 Å². The van der Waals surface area contributed by atoms with E-state index in [0.29, 0.717) is 12.0 Å². The lowest BCUT2D eigenvalue weighted by Crippen LogP contribution is -2.32. The number of anilines is 1. The molecule has 0 radical (unpaired) electrons. The van der Waals surface area contributed by atoms with E-state index in [1.807, 2.05) is 0 Å². The van der Waals surface area contributed by atoms with Gasteiger partial charge in [-0.2, -0.15) is 0 Å². The van der Waals surface area contributed by atoms with Crippen LogP contribution in [0.3, 0.4) is 0 Å². The molecule has 2 rings (SSSR count). The third-order valence-electron chi connectivity index (χ3n) is 3.57. The largest absolute Gasteiger partial charge is 0.391 e. The number of aliphatic hydroxyl groups is 1. The Hall–Kier alpha value is -1.16. The lowest BCUT2D eigenvalue weighted by Gasteiger charge is -2.23. The smallest absolute Gasteiger partial charge is 0.146 e. The predicted octanol–water partition coefficient (Wildman–Crippen LogP) is 3.38. The highest BCUT2D eigenvalue weighted by Crippen LogP contribution is 2.24. The van der Waals surface area contributed by atoms with Gasteiger partial charge in [0.25, 0.3) is 0 Å². The second kappa shape index (κ2) is 5.65. The summed E-state index contributed by atoms with van der Waals surface area (Å²) in [4.78, 5) is 0. The maximum Gasteiger partial charge on any atom is 0.146 e. The Kier molecular flexibility index (Phi) is 4.17. The van der Waals surface area contributed by atoms with Gasteiger partial charge in [0.05, 0.1) is 17.8 Å². The molecule has 2 atom stereocenters. The Balaban J connectivity index is 2.14. The molecule has 1 aliphatic rings. The molecule has 0 bridgehead atoms. The van der Waals surface area contributed by atoms with Crippen LogP contribution in [0.4, 0.5) is 14.5 Å². The Morgan fingerprint density at radius 2 is 1.83 bits per heavy atom. The number of hydrogen-bond acceptors (Lipinski definition) is 2. The average Bonchev–Trinajstić information content (AvgIpc) is 2.52. The average molecular weight is 255 g/mol. The van der Waals surface area contributed by atoms with E-state index in [1.165, 1.54) is 19.1 Å². The number of nitrogens with one attached hydrogen (secondary N) is 1. The lowest BCUT2D eigenvalue weighted by atomic mass is 10.1. The molecule has 2 N–H and O–H groups in total. The Bertz CT molecular complexity index is 423. The summed E-state index contributed by atoms with van der Waals surface area (Å²) in [5.74, 6) is -0.896. The van der Waals surface area contributed by atoms with E-state index in [1.54, 1.807) is 0 Å². The first kappa shape index (κ1) is 13.3. The van der Waals surface area contributed by atoms with Crippen LogP contribution in [-0.4, -0.2) is 17.3 Å². The summed E-state index contributed by atoms with van der Waals surface area (Å²) in [5, 5.41) is 12.9. The standard InChI is InChI=1S/C14H19F2NO/c1-9-7-11(16)13(8-10(9)15)17-12-5-3-2-4-6-14(12)18/h7-8,12,14,17-18H,2-6H2,1H3. The summed E-state index contributed by atoms with van der Waals surface area (Å²) in [6.07, 6.45) is 4.09. The van der Waals surface area contributed by atoms with E-state index >= 15 is 0 Å². The molecule has 0 saturated heterocycles. The van der Waals surface area contributed by atoms with Gasteiger partial charge in [-0.1, -0.05) is 19.3 Å². The number of aryl methyl sites for hydroxylation is 1. The van der Waals surface area contributed by atoms with E-state index in [-0.39, 0.29) is 11.7 Å². The number of rotatable bonds is 2. The van der Waals surface area contributed by atoms with Crippen LogP contribution in [0.2, 0.25) is 0 Å². The summed E-state index contributed by atoms with van der Waals surface area (Å²) >= 11 is 0. The first-order valence-electron chi connectivity index (χ1n) is 6.48. The van der Waals surface area contributed by atoms with Gasteiger partial charge >= 0.3 is 0 Å². The van der Waals surface area contributed by atoms with Crippen molar-refractivity contribution in [2.24, 2.45) is 0 Å². The van der Waals surface area contributed by atoms with Crippen LogP contribution >= 0.6 is 0 Å². The highest BCUT2D eigenvalue weighted by atomic mass is 19.1. The van der Waals surface area contributed by atoms with Crippen molar-refractivity contribution in [3.05, 3.63) is 29.3 Å². The van der Waals surface area contributed by atoms with Gasteiger partial charge in [0.2, 0.25) is 0 Å². The van der Waals surface area contributed by atoms with E-state index in [2.05, 4.69) is 5.32 Å². The molecule has 1 aliphatic carbocycles. The predicted molar refractivity (Wildman–Crippen MR) is 67.6 cm³/mol. The van der Waals surface area contributed by atoms with Crippen LogP contribution in [0.1, 0.15) is 37.7 Å². The topological polar surface area (TPSA) is 32.3 Å². The number of benzene rings is 1. The van der Waals surface area contributed by atoms with Crippen LogP contribution < -0.4 is 5.32 Å². The molecule has 100 valence electrons. The van der Waals surface area contributed by atoms with Gasteiger partial charge in [-0.25, -0.2) is 8.78 Å². The minimum Gasteiger partial charge on any atom is -0.391 e. The molecule has 1 fully saturated rings. The molecule has 0 aliphatic heterocycles. The number of hydrogen-bond donors (Lipinski definition) is 2. The molecule has 0 spiro atoms. The minimum atomic E-state index is -0.490. The zero-order valence-electron chi connectivity index (χ0n) is 10.5. The van der Waals surface area contributed by atoms with Crippen molar-refractivity contribution in [2.45, 2.75) is 51.2 Å². The minimum absolute atomic E-state index is 0.143. The lowest BCUT2D eigenvalue weighted by molar-refractivity contribution is 0.144. The summed E-state index contributed by atoms with van der Waals surface area (Å²) < 4.78 is 27.1. The van der Waals surface area contributed by atoms with Crippen molar-refractivity contribution >= 4 is 5.69 Å². The van der Waals surface area contributed by atoms with Crippen LogP contribution in [-0.2, 0) is 0 Å². The van der Waals surface area contributed by atoms with Crippen molar-refractivity contribution in [3.63, 3.8) is 0 Å². The first-order valence-corrected chi connectivity index (χ1v) is 6.48. The van der Waals surface area contributed by atoms with E-state index in [0.717, 1.165) is 25.7 Å². The summed E-state index contributed by atoms with van der Waals surface area (Å²) in [5.41, 5.74) is 0.434.